The summed E-state index contributed by atoms with van der Waals surface area (Å²) < 4.78 is 16.4. The molecular weight excluding hydrogens is 376 g/mol. The fourth-order valence-electron chi connectivity index (χ4n) is 4.20. The summed E-state index contributed by atoms with van der Waals surface area (Å²) in [6.45, 7) is 7.39. The van der Waals surface area contributed by atoms with Crippen LogP contribution < -0.4 is 29.3 Å². The van der Waals surface area contributed by atoms with Crippen molar-refractivity contribution >= 4 is 11.9 Å². The maximum atomic E-state index is 12.6. The van der Waals surface area contributed by atoms with Crippen LogP contribution in [0.5, 0.6) is 17.2 Å². The highest BCUT2D eigenvalue weighted by Gasteiger charge is 2.37. The molecule has 2 aliphatic heterocycles. The molecule has 2 saturated heterocycles. The number of nitrogens with one attached hydrogen (secondary N) is 3. The van der Waals surface area contributed by atoms with Crippen molar-refractivity contribution in [3.05, 3.63) is 17.7 Å². The summed E-state index contributed by atoms with van der Waals surface area (Å²) in [6, 6.07) is 3.44. The van der Waals surface area contributed by atoms with E-state index in [1.165, 1.54) is 14.7 Å². The molecule has 29 heavy (non-hydrogen) atoms. The minimum atomic E-state index is -0.272. The van der Waals surface area contributed by atoms with Crippen molar-refractivity contribution in [3.63, 3.8) is 0 Å². The van der Waals surface area contributed by atoms with Crippen molar-refractivity contribution in [1.29, 1.82) is 0 Å². The summed E-state index contributed by atoms with van der Waals surface area (Å²) >= 11 is 0. The van der Waals surface area contributed by atoms with Gasteiger partial charge in [0.2, 0.25) is 5.75 Å². The van der Waals surface area contributed by atoms with Gasteiger partial charge in [0.15, 0.2) is 17.5 Å². The monoisotopic (exact) mass is 408 g/mol. The Morgan fingerprint density at radius 1 is 1.10 bits per heavy atom. The highest BCUT2D eigenvalue weighted by molar-refractivity contribution is 5.97. The Morgan fingerprint density at radius 3 is 2.34 bits per heavy atom. The summed E-state index contributed by atoms with van der Waals surface area (Å²) in [7, 11) is 4.86. The topological polar surface area (TPSA) is 86.0 Å². The van der Waals surface area contributed by atoms with Crippen LogP contribution in [-0.2, 0) is 11.3 Å². The molecule has 0 unspecified atom stereocenters. The second-order valence-electron chi connectivity index (χ2n) is 7.52. The summed E-state index contributed by atoms with van der Waals surface area (Å²) in [6.07, 6.45) is 0. The Kier molecular flexibility index (Phi) is 6.81. The smallest absolute Gasteiger partial charge is 0.324 e. The van der Waals surface area contributed by atoms with Gasteiger partial charge < -0.3 is 29.3 Å². The molecule has 3 amide bonds. The van der Waals surface area contributed by atoms with E-state index in [0.717, 1.165) is 38.3 Å². The molecule has 1 atom stereocenters. The van der Waals surface area contributed by atoms with Gasteiger partial charge in [-0.3, -0.25) is 9.69 Å². The average Bonchev–Trinajstić information content (AvgIpc) is 3.18. The molecule has 160 valence electrons. The van der Waals surface area contributed by atoms with E-state index in [2.05, 4.69) is 5.32 Å². The van der Waals surface area contributed by atoms with Crippen LogP contribution in [0.2, 0.25) is 0 Å². The summed E-state index contributed by atoms with van der Waals surface area (Å²) in [5, 5.41) is 2.69. The third-order valence-electron chi connectivity index (χ3n) is 5.93. The molecule has 0 saturated carbocycles. The maximum absolute atomic E-state index is 12.6. The van der Waals surface area contributed by atoms with Gasteiger partial charge >= 0.3 is 6.03 Å². The number of hydrogen-bond acceptors (Lipinski definition) is 5. The molecule has 0 aromatic heterocycles. The number of benzene rings is 1. The molecule has 9 heteroatoms. The average molecular weight is 408 g/mol. The number of amides is 3. The second-order valence-corrected chi connectivity index (χ2v) is 7.52. The lowest BCUT2D eigenvalue weighted by Crippen LogP contribution is -3.29. The van der Waals surface area contributed by atoms with Crippen molar-refractivity contribution in [1.82, 2.24) is 10.2 Å². The number of nitrogens with zero attached hydrogens (tertiary/aromatic N) is 1. The third kappa shape index (κ3) is 4.40. The normalized spacial score (nSPS) is 22.8. The molecule has 3 N–H and O–H groups in total. The fourth-order valence-corrected chi connectivity index (χ4v) is 4.20. The summed E-state index contributed by atoms with van der Waals surface area (Å²) in [5.41, 5.74) is 1.07. The largest absolute Gasteiger partial charge is 0.493 e. The first-order valence-corrected chi connectivity index (χ1v) is 10.0. The first-order valence-electron chi connectivity index (χ1n) is 10.0. The van der Waals surface area contributed by atoms with Gasteiger partial charge in [0, 0.05) is 13.1 Å². The molecule has 2 fully saturated rings. The van der Waals surface area contributed by atoms with E-state index in [0.29, 0.717) is 30.3 Å². The number of quaternary nitrogens is 2. The van der Waals surface area contributed by atoms with Crippen LogP contribution in [0.1, 0.15) is 12.5 Å². The van der Waals surface area contributed by atoms with E-state index in [9.17, 15) is 9.59 Å². The van der Waals surface area contributed by atoms with Crippen molar-refractivity contribution in [2.24, 2.45) is 0 Å². The number of ether oxygens (including phenoxy) is 3. The van der Waals surface area contributed by atoms with Gasteiger partial charge in [-0.05, 0) is 19.1 Å². The SMILES string of the molecule is COc1ccc(C[NH+]2CC[NH+]([C@H](C)C(=O)N3CCNC3=O)CC2)c(OC)c1OC. The number of urea groups is 1. The van der Waals surface area contributed by atoms with Gasteiger partial charge in [0.1, 0.15) is 32.7 Å². The first-order chi connectivity index (χ1) is 14.0. The predicted molar refractivity (Wildman–Crippen MR) is 106 cm³/mol. The van der Waals surface area contributed by atoms with Crippen molar-refractivity contribution in [2.45, 2.75) is 19.5 Å². The molecule has 0 bridgehead atoms. The van der Waals surface area contributed by atoms with E-state index in [-0.39, 0.29) is 18.0 Å². The highest BCUT2D eigenvalue weighted by atomic mass is 16.5. The lowest BCUT2D eigenvalue weighted by atomic mass is 10.1. The number of imide groups is 1. The van der Waals surface area contributed by atoms with E-state index in [1.807, 2.05) is 19.1 Å². The van der Waals surface area contributed by atoms with E-state index in [4.69, 9.17) is 14.2 Å². The number of carbonyl (C=O) groups is 2. The molecule has 0 radical (unpaired) electrons. The van der Waals surface area contributed by atoms with Gasteiger partial charge in [-0.25, -0.2) is 4.79 Å². The Bertz CT molecular complexity index is 749. The van der Waals surface area contributed by atoms with Gasteiger partial charge in [-0.2, -0.15) is 0 Å². The number of hydrogen-bond donors (Lipinski definition) is 3. The van der Waals surface area contributed by atoms with E-state index >= 15 is 0 Å². The number of carbonyl (C=O) groups excluding carboxylic acids is 2. The van der Waals surface area contributed by atoms with Crippen molar-refractivity contribution in [2.75, 3.05) is 60.6 Å². The Morgan fingerprint density at radius 2 is 1.79 bits per heavy atom. The van der Waals surface area contributed by atoms with Crippen LogP contribution in [0.15, 0.2) is 12.1 Å². The third-order valence-corrected chi connectivity index (χ3v) is 5.93. The first kappa shape index (κ1) is 21.2. The Balaban J connectivity index is 1.60. The van der Waals surface area contributed by atoms with Crippen LogP contribution in [0.3, 0.4) is 0 Å². The summed E-state index contributed by atoms with van der Waals surface area (Å²) in [4.78, 5) is 28.4. The molecule has 2 heterocycles. The van der Waals surface area contributed by atoms with Crippen molar-refractivity contribution in [3.8, 4) is 17.2 Å². The summed E-state index contributed by atoms with van der Waals surface area (Å²) in [5.74, 6) is 1.88. The molecular formula is C20H32N4O5+2. The zero-order chi connectivity index (χ0) is 21.0. The predicted octanol–water partition coefficient (Wildman–Crippen LogP) is -2.06. The quantitative estimate of drug-likeness (QED) is 0.483. The molecule has 0 aliphatic carbocycles. The van der Waals surface area contributed by atoms with Crippen LogP contribution in [0.4, 0.5) is 4.79 Å². The number of piperazine rings is 1. The van der Waals surface area contributed by atoms with Gasteiger partial charge in [0.05, 0.1) is 26.9 Å². The minimum Gasteiger partial charge on any atom is -0.493 e. The molecule has 2 aliphatic rings. The van der Waals surface area contributed by atoms with Crippen LogP contribution in [-0.4, -0.2) is 83.5 Å². The lowest BCUT2D eigenvalue weighted by Gasteiger charge is -2.33. The number of rotatable bonds is 7. The standard InChI is InChI=1S/C20H30N4O5/c1-14(19(25)24-8-7-21-20(24)26)23-11-9-22(10-12-23)13-15-5-6-16(27-2)18(29-4)17(15)28-3/h5-6,14H,7-13H2,1-4H3,(H,21,26)/p+2/t14-/m1/s1. The van der Waals surface area contributed by atoms with Gasteiger partial charge in [-0.1, -0.05) is 0 Å². The zero-order valence-corrected chi connectivity index (χ0v) is 17.7. The Hall–Kier alpha value is -2.52. The van der Waals surface area contributed by atoms with E-state index in [1.54, 1.807) is 21.3 Å². The molecule has 9 nitrogen and oxygen atoms in total. The molecule has 0 spiro atoms. The fraction of sp³-hybridized carbons (Fsp3) is 0.600. The van der Waals surface area contributed by atoms with Crippen molar-refractivity contribution < 1.29 is 33.6 Å². The Labute approximate surface area is 171 Å². The van der Waals surface area contributed by atoms with Crippen LogP contribution >= 0.6 is 0 Å². The minimum absolute atomic E-state index is 0.0833. The zero-order valence-electron chi connectivity index (χ0n) is 17.7. The molecule has 3 rings (SSSR count). The van der Waals surface area contributed by atoms with Crippen LogP contribution in [0, 0.1) is 0 Å². The van der Waals surface area contributed by atoms with E-state index < -0.39 is 0 Å². The van der Waals surface area contributed by atoms with Crippen LogP contribution in [0.25, 0.3) is 0 Å². The second kappa shape index (κ2) is 9.32. The number of methoxy groups -OCH3 is 3. The highest BCUT2D eigenvalue weighted by Crippen LogP contribution is 2.39. The van der Waals surface area contributed by atoms with Gasteiger partial charge in [0.25, 0.3) is 5.91 Å². The lowest BCUT2D eigenvalue weighted by molar-refractivity contribution is -1.02. The molecule has 1 aromatic rings. The maximum Gasteiger partial charge on any atom is 0.324 e. The molecule has 1 aromatic carbocycles. The van der Waals surface area contributed by atoms with Gasteiger partial charge in [-0.15, -0.1) is 0 Å².